The summed E-state index contributed by atoms with van der Waals surface area (Å²) in [6.07, 6.45) is 3.65. The summed E-state index contributed by atoms with van der Waals surface area (Å²) < 4.78 is 5.53. The fraction of sp³-hybridized carbons (Fsp3) is 0.600. The molecule has 0 bridgehead atoms. The molecule has 3 heterocycles. The maximum atomic E-state index is 12.2. The van der Waals surface area contributed by atoms with E-state index in [1.54, 1.807) is 6.20 Å². The molecule has 2 amide bonds. The van der Waals surface area contributed by atoms with Crippen LogP contribution in [0.15, 0.2) is 23.5 Å². The summed E-state index contributed by atoms with van der Waals surface area (Å²) in [5.41, 5.74) is 1.89. The number of urea groups is 1. The van der Waals surface area contributed by atoms with Gasteiger partial charge < -0.3 is 25.6 Å². The molecule has 0 spiro atoms. The second-order valence-corrected chi connectivity index (χ2v) is 5.86. The summed E-state index contributed by atoms with van der Waals surface area (Å²) in [6, 6.07) is 1.80. The van der Waals surface area contributed by atoms with Crippen LogP contribution < -0.4 is 10.6 Å². The van der Waals surface area contributed by atoms with E-state index in [4.69, 9.17) is 15.1 Å². The number of nitrogens with zero attached hydrogens (tertiary/aromatic N) is 2. The van der Waals surface area contributed by atoms with Crippen molar-refractivity contribution in [3.05, 3.63) is 23.5 Å². The van der Waals surface area contributed by atoms with Crippen molar-refractivity contribution >= 4 is 6.03 Å². The number of rotatable bonds is 5. The number of nitrogens with one attached hydrogen (secondary N) is 2. The van der Waals surface area contributed by atoms with Crippen molar-refractivity contribution in [3.8, 4) is 6.07 Å². The van der Waals surface area contributed by atoms with E-state index < -0.39 is 18.4 Å². The van der Waals surface area contributed by atoms with Gasteiger partial charge in [-0.25, -0.2) is 4.79 Å². The molecule has 0 aromatic carbocycles. The third kappa shape index (κ3) is 5.64. The standard InChI is InChI=1S/C15H20N4O4.2Ac/c16-4-2-1-3-10-5-9-7-19(15(22)18-14(9)17-10)13-6-11(21)12(8-20)23-13;;/h5,7,11-14,17,20-21H,1-3,6,8H2,(H,18,22);;. The van der Waals surface area contributed by atoms with Gasteiger partial charge in [0.1, 0.15) is 18.5 Å². The predicted octanol–water partition coefficient (Wildman–Crippen LogP) is -0.129. The Bertz CT molecular complexity index is 593. The molecule has 1 fully saturated rings. The minimum Gasteiger partial charge on any atom is -0.394 e. The van der Waals surface area contributed by atoms with E-state index in [2.05, 4.69) is 16.7 Å². The average Bonchev–Trinajstić information content (AvgIpc) is 3.09. The molecular weight excluding hydrogens is 754 g/mol. The molecule has 3 rings (SSSR count). The first-order valence-electron chi connectivity index (χ1n) is 7.71. The zero-order valence-corrected chi connectivity index (χ0v) is 23.3. The number of amides is 2. The average molecular weight is 774 g/mol. The third-order valence-corrected chi connectivity index (χ3v) is 4.22. The molecule has 0 aromatic rings. The maximum Gasteiger partial charge on any atom is 0.325 e. The van der Waals surface area contributed by atoms with Gasteiger partial charge in [-0.15, -0.1) is 0 Å². The van der Waals surface area contributed by atoms with Crippen LogP contribution in [0.5, 0.6) is 0 Å². The number of nitriles is 1. The number of ether oxygens (including phenoxy) is 1. The molecule has 8 nitrogen and oxygen atoms in total. The molecule has 0 saturated carbocycles. The molecule has 1 saturated heterocycles. The molecule has 2 radical (unpaired) electrons. The van der Waals surface area contributed by atoms with Crippen molar-refractivity contribution < 1.29 is 108 Å². The van der Waals surface area contributed by atoms with E-state index in [0.29, 0.717) is 6.42 Å². The molecule has 3 aliphatic heterocycles. The molecule has 3 aliphatic rings. The van der Waals surface area contributed by atoms with Gasteiger partial charge in [0.2, 0.25) is 0 Å². The Hall–Kier alpha value is 0.803. The first-order valence-corrected chi connectivity index (χ1v) is 7.71. The fourth-order valence-corrected chi connectivity index (χ4v) is 3.01. The number of allylic oxidation sites excluding steroid dienone is 1. The van der Waals surface area contributed by atoms with E-state index >= 15 is 0 Å². The van der Waals surface area contributed by atoms with Crippen molar-refractivity contribution in [2.24, 2.45) is 0 Å². The van der Waals surface area contributed by atoms with Crippen molar-refractivity contribution in [3.63, 3.8) is 0 Å². The van der Waals surface area contributed by atoms with Crippen LogP contribution in [0.25, 0.3) is 0 Å². The number of unbranched alkanes of at least 4 members (excludes halogenated alkanes) is 1. The van der Waals surface area contributed by atoms with Gasteiger partial charge in [-0.3, -0.25) is 4.90 Å². The summed E-state index contributed by atoms with van der Waals surface area (Å²) in [5.74, 6) is 0. The molecule has 25 heavy (non-hydrogen) atoms. The van der Waals surface area contributed by atoms with Gasteiger partial charge in [0, 0.05) is 118 Å². The van der Waals surface area contributed by atoms with Crippen LogP contribution in [0.3, 0.4) is 0 Å². The quantitative estimate of drug-likeness (QED) is 0.290. The number of carbonyl (C=O) groups excluding carboxylic acids is 1. The summed E-state index contributed by atoms with van der Waals surface area (Å²) in [5, 5.41) is 33.6. The SMILES string of the molecule is N#CCCCC1=CC2=CN(C3CC(O)C(CO)O3)C(=O)NC2N1.[Ac].[Ac]. The first kappa shape index (κ1) is 23.8. The maximum absolute atomic E-state index is 12.2. The number of carbonyl (C=O) groups is 1. The van der Waals surface area contributed by atoms with Gasteiger partial charge in [-0.2, -0.15) is 5.26 Å². The van der Waals surface area contributed by atoms with Crippen LogP contribution in [-0.2, 0) is 4.74 Å². The van der Waals surface area contributed by atoms with Crippen LogP contribution in [0.2, 0.25) is 0 Å². The minimum absolute atomic E-state index is 0. The third-order valence-electron chi connectivity index (χ3n) is 4.22. The molecule has 4 N–H and O–H groups in total. The zero-order valence-electron chi connectivity index (χ0n) is 13.8. The number of aliphatic hydroxyl groups is 2. The molecule has 0 aromatic heterocycles. The van der Waals surface area contributed by atoms with E-state index in [0.717, 1.165) is 24.1 Å². The van der Waals surface area contributed by atoms with E-state index in [-0.39, 0.29) is 113 Å². The largest absolute Gasteiger partial charge is 0.394 e. The second-order valence-electron chi connectivity index (χ2n) is 5.86. The summed E-state index contributed by atoms with van der Waals surface area (Å²) in [6.45, 7) is -0.281. The molecule has 4 unspecified atom stereocenters. The minimum atomic E-state index is -0.785. The number of hydrogen-bond acceptors (Lipinski definition) is 6. The van der Waals surface area contributed by atoms with Gasteiger partial charge in [0.15, 0.2) is 0 Å². The summed E-state index contributed by atoms with van der Waals surface area (Å²) in [4.78, 5) is 13.7. The fourth-order valence-electron chi connectivity index (χ4n) is 3.01. The zero-order chi connectivity index (χ0) is 16.4. The van der Waals surface area contributed by atoms with Crippen LogP contribution in [0.1, 0.15) is 25.7 Å². The molecule has 4 atom stereocenters. The van der Waals surface area contributed by atoms with Crippen LogP contribution in [0, 0.1) is 99.5 Å². The van der Waals surface area contributed by atoms with E-state index in [1.807, 2.05) is 6.08 Å². The molecule has 130 valence electrons. The van der Waals surface area contributed by atoms with Gasteiger partial charge in [0.05, 0.1) is 18.8 Å². The normalized spacial score (nSPS) is 30.0. The monoisotopic (exact) mass is 774 g/mol. The van der Waals surface area contributed by atoms with Crippen LogP contribution in [0.4, 0.5) is 4.79 Å². The molecule has 10 heteroatoms. The van der Waals surface area contributed by atoms with Crippen molar-refractivity contribution in [1.82, 2.24) is 15.5 Å². The van der Waals surface area contributed by atoms with Crippen molar-refractivity contribution in [2.75, 3.05) is 6.61 Å². The summed E-state index contributed by atoms with van der Waals surface area (Å²) >= 11 is 0. The Morgan fingerprint density at radius 3 is 2.80 bits per heavy atom. The Morgan fingerprint density at radius 2 is 2.16 bits per heavy atom. The van der Waals surface area contributed by atoms with Gasteiger partial charge in [0.25, 0.3) is 0 Å². The molecular formula is C15H20Ac2N4O4. The van der Waals surface area contributed by atoms with Crippen LogP contribution in [-0.4, -0.2) is 52.4 Å². The predicted molar refractivity (Wildman–Crippen MR) is 79.3 cm³/mol. The summed E-state index contributed by atoms with van der Waals surface area (Å²) in [7, 11) is 0. The first-order chi connectivity index (χ1) is 11.1. The van der Waals surface area contributed by atoms with Crippen LogP contribution >= 0.6 is 0 Å². The van der Waals surface area contributed by atoms with Gasteiger partial charge in [-0.1, -0.05) is 0 Å². The number of fused-ring (bicyclic) bond motifs is 1. The Balaban J connectivity index is 0.00000156. The van der Waals surface area contributed by atoms with Gasteiger partial charge in [-0.05, 0) is 18.9 Å². The van der Waals surface area contributed by atoms with E-state index in [1.165, 1.54) is 4.90 Å². The van der Waals surface area contributed by atoms with Crippen molar-refractivity contribution in [2.45, 2.75) is 50.3 Å². The Labute approximate surface area is 218 Å². The second kappa shape index (κ2) is 11.0. The topological polar surface area (TPSA) is 118 Å². The van der Waals surface area contributed by atoms with E-state index in [9.17, 15) is 9.90 Å². The van der Waals surface area contributed by atoms with Crippen molar-refractivity contribution in [1.29, 1.82) is 5.26 Å². The number of aliphatic hydroxyl groups excluding tert-OH is 2. The number of hydrogen-bond donors (Lipinski definition) is 4. The Morgan fingerprint density at radius 1 is 1.40 bits per heavy atom. The Kier molecular flexibility index (Phi) is 10.5. The smallest absolute Gasteiger partial charge is 0.325 e. The van der Waals surface area contributed by atoms with Gasteiger partial charge >= 0.3 is 6.03 Å². The molecule has 0 aliphatic carbocycles.